The Morgan fingerprint density at radius 2 is 1.85 bits per heavy atom. The first-order valence-corrected chi connectivity index (χ1v) is 10.6. The lowest BCUT2D eigenvalue weighted by Crippen LogP contribution is -2.41. The van der Waals surface area contributed by atoms with E-state index in [4.69, 9.17) is 4.74 Å². The Bertz CT molecular complexity index is 897. The summed E-state index contributed by atoms with van der Waals surface area (Å²) in [4.78, 5) is 4.33. The van der Waals surface area contributed by atoms with E-state index < -0.39 is 0 Å². The van der Waals surface area contributed by atoms with Crippen molar-refractivity contribution in [2.45, 2.75) is 44.8 Å². The van der Waals surface area contributed by atoms with Gasteiger partial charge in [-0.3, -0.25) is 4.90 Å². The van der Waals surface area contributed by atoms with E-state index >= 15 is 0 Å². The predicted octanol–water partition coefficient (Wildman–Crippen LogP) is 5.43. The van der Waals surface area contributed by atoms with Gasteiger partial charge in [-0.25, -0.2) is 0 Å². The van der Waals surface area contributed by atoms with Crippen LogP contribution in [0.3, 0.4) is 0 Å². The van der Waals surface area contributed by atoms with Crippen molar-refractivity contribution in [3.8, 4) is 5.75 Å². The van der Waals surface area contributed by atoms with Crippen molar-refractivity contribution < 1.29 is 4.74 Å². The molecule has 5 rings (SSSR count). The molecular weight excluding hydrogens is 338 g/mol. The standard InChI is InChI=1S/C23H25NOS/c1-2-5-17(6-3-1)16-25-19-9-10-20-21-11-13-24(18-7-4-8-18)14-12-22(21)26-23(20)15-19/h1-3,5-6,9-10,15,18H,4,7-8,11-14,16H2. The van der Waals surface area contributed by atoms with Gasteiger partial charge in [0.25, 0.3) is 0 Å². The molecule has 2 heterocycles. The molecule has 2 nitrogen and oxygen atoms in total. The molecule has 0 bridgehead atoms. The number of ether oxygens (including phenoxy) is 1. The van der Waals surface area contributed by atoms with Crippen molar-refractivity contribution in [3.63, 3.8) is 0 Å². The Kier molecular flexibility index (Phi) is 4.43. The predicted molar refractivity (Wildman–Crippen MR) is 109 cm³/mol. The monoisotopic (exact) mass is 363 g/mol. The Hall–Kier alpha value is -1.84. The van der Waals surface area contributed by atoms with E-state index in [1.54, 1.807) is 10.4 Å². The third-order valence-electron chi connectivity index (χ3n) is 5.96. The van der Waals surface area contributed by atoms with Crippen LogP contribution >= 0.6 is 11.3 Å². The van der Waals surface area contributed by atoms with Gasteiger partial charge < -0.3 is 4.74 Å². The van der Waals surface area contributed by atoms with Gasteiger partial charge in [-0.05, 0) is 60.4 Å². The maximum atomic E-state index is 6.03. The van der Waals surface area contributed by atoms with Gasteiger partial charge in [0.15, 0.2) is 0 Å². The molecule has 0 unspecified atom stereocenters. The number of nitrogens with zero attached hydrogens (tertiary/aromatic N) is 1. The van der Waals surface area contributed by atoms with Crippen LogP contribution in [0.1, 0.15) is 35.3 Å². The lowest BCUT2D eigenvalue weighted by molar-refractivity contribution is 0.133. The zero-order chi connectivity index (χ0) is 17.3. The van der Waals surface area contributed by atoms with Crippen LogP contribution < -0.4 is 4.74 Å². The van der Waals surface area contributed by atoms with Gasteiger partial charge in [0.2, 0.25) is 0 Å². The fraction of sp³-hybridized carbons (Fsp3) is 0.391. The molecule has 1 aliphatic carbocycles. The van der Waals surface area contributed by atoms with Gasteiger partial charge in [0.1, 0.15) is 12.4 Å². The van der Waals surface area contributed by atoms with Crippen molar-refractivity contribution in [1.82, 2.24) is 4.90 Å². The third kappa shape index (κ3) is 3.15. The highest BCUT2D eigenvalue weighted by molar-refractivity contribution is 7.19. The normalized spacial score (nSPS) is 18.3. The van der Waals surface area contributed by atoms with Gasteiger partial charge in [-0.2, -0.15) is 0 Å². The van der Waals surface area contributed by atoms with Crippen LogP contribution in [0.15, 0.2) is 48.5 Å². The summed E-state index contributed by atoms with van der Waals surface area (Å²) in [5.74, 6) is 0.980. The molecule has 3 heteroatoms. The molecule has 1 fully saturated rings. The van der Waals surface area contributed by atoms with E-state index in [1.165, 1.54) is 60.8 Å². The Morgan fingerprint density at radius 3 is 2.65 bits per heavy atom. The first-order valence-electron chi connectivity index (χ1n) is 9.82. The molecule has 1 aromatic heterocycles. The summed E-state index contributed by atoms with van der Waals surface area (Å²) in [6.45, 7) is 3.10. The van der Waals surface area contributed by atoms with Crippen LogP contribution in [-0.2, 0) is 19.4 Å². The Morgan fingerprint density at radius 1 is 1.00 bits per heavy atom. The maximum Gasteiger partial charge on any atom is 0.121 e. The second kappa shape index (κ2) is 7.05. The molecule has 0 radical (unpaired) electrons. The number of hydrogen-bond donors (Lipinski definition) is 0. The smallest absolute Gasteiger partial charge is 0.121 e. The minimum Gasteiger partial charge on any atom is -0.489 e. The summed E-state index contributed by atoms with van der Waals surface area (Å²) in [5.41, 5.74) is 2.81. The first-order chi connectivity index (χ1) is 12.9. The van der Waals surface area contributed by atoms with Gasteiger partial charge >= 0.3 is 0 Å². The molecule has 3 aromatic rings. The maximum absolute atomic E-state index is 6.03. The van der Waals surface area contributed by atoms with E-state index in [-0.39, 0.29) is 0 Å². The van der Waals surface area contributed by atoms with E-state index in [0.717, 1.165) is 11.8 Å². The SMILES string of the molecule is c1ccc(COc2ccc3c4c(sc3c2)CCN(C2CCC2)CC4)cc1. The van der Waals surface area contributed by atoms with Crippen molar-refractivity contribution in [1.29, 1.82) is 0 Å². The number of rotatable bonds is 4. The first kappa shape index (κ1) is 16.3. The topological polar surface area (TPSA) is 12.5 Å². The quantitative estimate of drug-likeness (QED) is 0.612. The zero-order valence-corrected chi connectivity index (χ0v) is 15.9. The molecule has 1 aliphatic heterocycles. The van der Waals surface area contributed by atoms with Gasteiger partial charge in [-0.1, -0.05) is 36.8 Å². The third-order valence-corrected chi connectivity index (χ3v) is 7.22. The van der Waals surface area contributed by atoms with Crippen molar-refractivity contribution >= 4 is 21.4 Å². The van der Waals surface area contributed by atoms with E-state index in [9.17, 15) is 0 Å². The molecule has 26 heavy (non-hydrogen) atoms. The Balaban J connectivity index is 1.33. The number of benzene rings is 2. The molecule has 1 saturated carbocycles. The fourth-order valence-electron chi connectivity index (χ4n) is 4.22. The van der Waals surface area contributed by atoms with Crippen LogP contribution in [0, 0.1) is 0 Å². The highest BCUT2D eigenvalue weighted by atomic mass is 32.1. The molecule has 0 spiro atoms. The van der Waals surface area contributed by atoms with Gasteiger partial charge in [0, 0.05) is 28.7 Å². The summed E-state index contributed by atoms with van der Waals surface area (Å²) in [6.07, 6.45) is 6.67. The van der Waals surface area contributed by atoms with E-state index in [1.807, 2.05) is 17.4 Å². The van der Waals surface area contributed by atoms with E-state index in [2.05, 4.69) is 47.4 Å². The van der Waals surface area contributed by atoms with Crippen molar-refractivity contribution in [3.05, 3.63) is 64.5 Å². The highest BCUT2D eigenvalue weighted by Gasteiger charge is 2.27. The van der Waals surface area contributed by atoms with Crippen molar-refractivity contribution in [2.24, 2.45) is 0 Å². The second-order valence-corrected chi connectivity index (χ2v) is 8.69. The van der Waals surface area contributed by atoms with Crippen LogP contribution in [-0.4, -0.2) is 24.0 Å². The largest absolute Gasteiger partial charge is 0.489 e. The minimum atomic E-state index is 0.633. The summed E-state index contributed by atoms with van der Waals surface area (Å²) in [5, 5.41) is 1.45. The van der Waals surface area contributed by atoms with E-state index in [0.29, 0.717) is 6.61 Å². The lowest BCUT2D eigenvalue weighted by Gasteiger charge is -2.36. The van der Waals surface area contributed by atoms with Crippen LogP contribution in [0.5, 0.6) is 5.75 Å². The van der Waals surface area contributed by atoms with Gasteiger partial charge in [-0.15, -0.1) is 11.3 Å². The van der Waals surface area contributed by atoms with Crippen LogP contribution in [0.4, 0.5) is 0 Å². The van der Waals surface area contributed by atoms with Crippen LogP contribution in [0.2, 0.25) is 0 Å². The highest BCUT2D eigenvalue weighted by Crippen LogP contribution is 2.37. The molecule has 2 aromatic carbocycles. The molecular formula is C23H25NOS. The molecule has 0 amide bonds. The number of fused-ring (bicyclic) bond motifs is 3. The number of thiophene rings is 1. The summed E-state index contributed by atoms with van der Waals surface area (Å²) < 4.78 is 7.41. The summed E-state index contributed by atoms with van der Waals surface area (Å²) in [7, 11) is 0. The number of hydrogen-bond acceptors (Lipinski definition) is 3. The Labute approximate surface area is 159 Å². The second-order valence-electron chi connectivity index (χ2n) is 7.56. The average molecular weight is 364 g/mol. The summed E-state index contributed by atoms with van der Waals surface area (Å²) >= 11 is 1.98. The average Bonchev–Trinajstić information content (AvgIpc) is 2.86. The molecule has 0 saturated heterocycles. The molecule has 2 aliphatic rings. The minimum absolute atomic E-state index is 0.633. The molecule has 134 valence electrons. The zero-order valence-electron chi connectivity index (χ0n) is 15.1. The molecule has 0 N–H and O–H groups in total. The molecule has 0 atom stereocenters. The fourth-order valence-corrected chi connectivity index (χ4v) is 5.49. The van der Waals surface area contributed by atoms with Crippen LogP contribution in [0.25, 0.3) is 10.1 Å². The van der Waals surface area contributed by atoms with Gasteiger partial charge in [0.05, 0.1) is 0 Å². The lowest BCUT2D eigenvalue weighted by atomic mass is 9.91. The van der Waals surface area contributed by atoms with Crippen molar-refractivity contribution in [2.75, 3.05) is 13.1 Å². The summed E-state index contributed by atoms with van der Waals surface area (Å²) in [6, 6.07) is 17.9.